The number of nitrogen functional groups attached to an aromatic ring is 1. The number of nitrogens with one attached hydrogen (secondary N) is 1. The molecule has 1 heterocycles. The SMILES string of the molecule is CC1(NCC(O)c2ccc(N)nc2)CCC1. The number of hydrogen-bond acceptors (Lipinski definition) is 4. The predicted octanol–water partition coefficient (Wildman–Crippen LogP) is 1.23. The van der Waals surface area contributed by atoms with E-state index in [1.54, 1.807) is 12.3 Å². The van der Waals surface area contributed by atoms with E-state index in [0.717, 1.165) is 5.56 Å². The molecule has 0 amide bonds. The van der Waals surface area contributed by atoms with Gasteiger partial charge >= 0.3 is 0 Å². The molecule has 1 aliphatic rings. The zero-order valence-electron chi connectivity index (χ0n) is 9.61. The first-order valence-electron chi connectivity index (χ1n) is 5.74. The quantitative estimate of drug-likeness (QED) is 0.715. The van der Waals surface area contributed by atoms with Crippen molar-refractivity contribution in [1.29, 1.82) is 0 Å². The highest BCUT2D eigenvalue weighted by molar-refractivity contribution is 5.30. The van der Waals surface area contributed by atoms with Crippen molar-refractivity contribution < 1.29 is 5.11 Å². The van der Waals surface area contributed by atoms with E-state index in [2.05, 4.69) is 17.2 Å². The number of aromatic nitrogens is 1. The summed E-state index contributed by atoms with van der Waals surface area (Å²) < 4.78 is 0. The molecule has 4 N–H and O–H groups in total. The normalized spacial score (nSPS) is 20.1. The molecule has 0 radical (unpaired) electrons. The highest BCUT2D eigenvalue weighted by Gasteiger charge is 2.31. The second-order valence-corrected chi connectivity index (χ2v) is 4.83. The van der Waals surface area contributed by atoms with Gasteiger partial charge in [-0.2, -0.15) is 0 Å². The van der Waals surface area contributed by atoms with E-state index in [-0.39, 0.29) is 5.54 Å². The zero-order chi connectivity index (χ0) is 11.6. The minimum absolute atomic E-state index is 0.224. The molecular formula is C12H19N3O. The van der Waals surface area contributed by atoms with Gasteiger partial charge in [-0.3, -0.25) is 0 Å². The lowest BCUT2D eigenvalue weighted by atomic mass is 9.78. The van der Waals surface area contributed by atoms with Crippen molar-refractivity contribution in [2.75, 3.05) is 12.3 Å². The molecule has 88 valence electrons. The van der Waals surface area contributed by atoms with Crippen molar-refractivity contribution >= 4 is 5.82 Å². The van der Waals surface area contributed by atoms with Crippen LogP contribution in [0.2, 0.25) is 0 Å². The van der Waals surface area contributed by atoms with Gasteiger partial charge in [-0.1, -0.05) is 6.07 Å². The van der Waals surface area contributed by atoms with Crippen LogP contribution in [0.15, 0.2) is 18.3 Å². The molecule has 1 atom stereocenters. The van der Waals surface area contributed by atoms with Crippen LogP contribution >= 0.6 is 0 Å². The third-order valence-corrected chi connectivity index (χ3v) is 3.37. The van der Waals surface area contributed by atoms with Gasteiger partial charge in [0.2, 0.25) is 0 Å². The van der Waals surface area contributed by atoms with Crippen molar-refractivity contribution in [1.82, 2.24) is 10.3 Å². The van der Waals surface area contributed by atoms with Gasteiger partial charge in [0.25, 0.3) is 0 Å². The summed E-state index contributed by atoms with van der Waals surface area (Å²) in [5.74, 6) is 0.481. The van der Waals surface area contributed by atoms with Crippen LogP contribution in [-0.4, -0.2) is 22.2 Å². The van der Waals surface area contributed by atoms with Gasteiger partial charge in [0.15, 0.2) is 0 Å². The van der Waals surface area contributed by atoms with Crippen molar-refractivity contribution in [2.24, 2.45) is 0 Å². The summed E-state index contributed by atoms with van der Waals surface area (Å²) in [7, 11) is 0. The van der Waals surface area contributed by atoms with E-state index >= 15 is 0 Å². The largest absolute Gasteiger partial charge is 0.387 e. The summed E-state index contributed by atoms with van der Waals surface area (Å²) in [5, 5.41) is 13.4. The van der Waals surface area contributed by atoms with Crippen molar-refractivity contribution in [2.45, 2.75) is 37.8 Å². The number of aliphatic hydroxyl groups excluding tert-OH is 1. The Labute approximate surface area is 95.9 Å². The molecule has 0 saturated heterocycles. The van der Waals surface area contributed by atoms with E-state index in [1.165, 1.54) is 19.3 Å². The van der Waals surface area contributed by atoms with Crippen molar-refractivity contribution in [3.05, 3.63) is 23.9 Å². The van der Waals surface area contributed by atoms with E-state index in [4.69, 9.17) is 5.73 Å². The molecule has 0 aromatic carbocycles. The van der Waals surface area contributed by atoms with E-state index < -0.39 is 6.10 Å². The highest BCUT2D eigenvalue weighted by atomic mass is 16.3. The Kier molecular flexibility index (Phi) is 3.12. The molecule has 4 nitrogen and oxygen atoms in total. The molecule has 4 heteroatoms. The summed E-state index contributed by atoms with van der Waals surface area (Å²) in [6, 6.07) is 3.53. The second-order valence-electron chi connectivity index (χ2n) is 4.83. The summed E-state index contributed by atoms with van der Waals surface area (Å²) in [6.45, 7) is 2.77. The summed E-state index contributed by atoms with van der Waals surface area (Å²) in [5.41, 5.74) is 6.53. The van der Waals surface area contributed by atoms with E-state index in [0.29, 0.717) is 12.4 Å². The maximum atomic E-state index is 9.95. The minimum Gasteiger partial charge on any atom is -0.387 e. The van der Waals surface area contributed by atoms with Crippen LogP contribution in [-0.2, 0) is 0 Å². The number of pyridine rings is 1. The van der Waals surface area contributed by atoms with Gasteiger partial charge in [0, 0.05) is 23.8 Å². The Morgan fingerprint density at radius 1 is 1.56 bits per heavy atom. The van der Waals surface area contributed by atoms with Crippen molar-refractivity contribution in [3.8, 4) is 0 Å². The van der Waals surface area contributed by atoms with Crippen LogP contribution in [0, 0.1) is 0 Å². The van der Waals surface area contributed by atoms with E-state index in [1.807, 2.05) is 6.07 Å². The molecule has 2 rings (SSSR count). The average Bonchev–Trinajstić information content (AvgIpc) is 2.24. The van der Waals surface area contributed by atoms with Gasteiger partial charge in [-0.15, -0.1) is 0 Å². The standard InChI is InChI=1S/C12H19N3O/c1-12(5-2-6-12)15-8-10(16)9-3-4-11(13)14-7-9/h3-4,7,10,15-16H,2,5-6,8H2,1H3,(H2,13,14). The molecule has 1 aromatic rings. The zero-order valence-corrected chi connectivity index (χ0v) is 9.61. The number of nitrogens with two attached hydrogens (primary N) is 1. The fourth-order valence-corrected chi connectivity index (χ4v) is 1.96. The fourth-order valence-electron chi connectivity index (χ4n) is 1.96. The van der Waals surface area contributed by atoms with Crippen molar-refractivity contribution in [3.63, 3.8) is 0 Å². The van der Waals surface area contributed by atoms with Gasteiger partial charge in [0.1, 0.15) is 5.82 Å². The van der Waals surface area contributed by atoms with Crippen LogP contribution in [0.5, 0.6) is 0 Å². The van der Waals surface area contributed by atoms with Gasteiger partial charge in [-0.05, 0) is 32.3 Å². The molecule has 1 aliphatic carbocycles. The van der Waals surface area contributed by atoms with Crippen LogP contribution < -0.4 is 11.1 Å². The van der Waals surface area contributed by atoms with E-state index in [9.17, 15) is 5.11 Å². The maximum Gasteiger partial charge on any atom is 0.123 e. The summed E-state index contributed by atoms with van der Waals surface area (Å²) >= 11 is 0. The fraction of sp³-hybridized carbons (Fsp3) is 0.583. The highest BCUT2D eigenvalue weighted by Crippen LogP contribution is 2.31. The molecule has 1 fully saturated rings. The topological polar surface area (TPSA) is 71.2 Å². The Morgan fingerprint density at radius 2 is 2.31 bits per heavy atom. The van der Waals surface area contributed by atoms with Gasteiger partial charge in [0.05, 0.1) is 6.10 Å². The number of hydrogen-bond donors (Lipinski definition) is 3. The molecular weight excluding hydrogens is 202 g/mol. The molecule has 0 bridgehead atoms. The Balaban J connectivity index is 1.87. The minimum atomic E-state index is -0.509. The van der Waals surface area contributed by atoms with Crippen LogP contribution in [0.1, 0.15) is 37.9 Å². The number of aliphatic hydroxyl groups is 1. The van der Waals surface area contributed by atoms with Gasteiger partial charge in [-0.25, -0.2) is 4.98 Å². The Bertz CT molecular complexity index is 346. The molecule has 1 saturated carbocycles. The molecule has 0 spiro atoms. The molecule has 1 unspecified atom stereocenters. The number of nitrogens with zero attached hydrogens (tertiary/aromatic N) is 1. The van der Waals surface area contributed by atoms with Crippen LogP contribution in [0.4, 0.5) is 5.82 Å². The first-order chi connectivity index (χ1) is 7.59. The first kappa shape index (κ1) is 11.4. The smallest absolute Gasteiger partial charge is 0.123 e. The first-order valence-corrected chi connectivity index (χ1v) is 5.74. The average molecular weight is 221 g/mol. The lowest BCUT2D eigenvalue weighted by molar-refractivity contribution is 0.132. The van der Waals surface area contributed by atoms with Crippen LogP contribution in [0.3, 0.4) is 0 Å². The Morgan fingerprint density at radius 3 is 2.81 bits per heavy atom. The van der Waals surface area contributed by atoms with Crippen LogP contribution in [0.25, 0.3) is 0 Å². The monoisotopic (exact) mass is 221 g/mol. The third kappa shape index (κ3) is 2.51. The molecule has 16 heavy (non-hydrogen) atoms. The number of anilines is 1. The lowest BCUT2D eigenvalue weighted by Crippen LogP contribution is -2.49. The summed E-state index contributed by atoms with van der Waals surface area (Å²) in [6.07, 6.45) is 4.79. The second kappa shape index (κ2) is 4.39. The third-order valence-electron chi connectivity index (χ3n) is 3.37. The maximum absolute atomic E-state index is 9.95. The number of rotatable bonds is 4. The van der Waals surface area contributed by atoms with Gasteiger partial charge < -0.3 is 16.2 Å². The number of β-amino-alcohol motifs (C(OH)–C–C–N with tert-alkyl or cyclic N) is 1. The summed E-state index contributed by atoms with van der Waals surface area (Å²) in [4.78, 5) is 3.97. The molecule has 1 aromatic heterocycles. The lowest BCUT2D eigenvalue weighted by Gasteiger charge is -2.40. The molecule has 0 aliphatic heterocycles. The predicted molar refractivity (Wildman–Crippen MR) is 63.9 cm³/mol. The Hall–Kier alpha value is -1.13.